The Hall–Kier alpha value is -2.22. The van der Waals surface area contributed by atoms with Gasteiger partial charge in [-0.25, -0.2) is 9.18 Å². The Balaban J connectivity index is 2.23. The molecule has 0 aliphatic heterocycles. The summed E-state index contributed by atoms with van der Waals surface area (Å²) in [5.74, 6) is -2.65. The molecular weight excluding hydrogens is 283 g/mol. The van der Waals surface area contributed by atoms with Crippen LogP contribution in [0.25, 0.3) is 0 Å². The van der Waals surface area contributed by atoms with E-state index < -0.39 is 34.1 Å². The Morgan fingerprint density at radius 3 is 2.71 bits per heavy atom. The minimum atomic E-state index is -1.56. The Bertz CT molecular complexity index is 578. The molecule has 0 spiro atoms. The number of nitro benzene ring substituents is 1. The van der Waals surface area contributed by atoms with Crippen molar-refractivity contribution in [3.63, 3.8) is 0 Å². The Morgan fingerprint density at radius 1 is 1.48 bits per heavy atom. The molecule has 114 valence electrons. The Labute approximate surface area is 119 Å². The van der Waals surface area contributed by atoms with E-state index in [0.717, 1.165) is 18.9 Å². The van der Waals surface area contributed by atoms with Gasteiger partial charge in [-0.3, -0.25) is 10.1 Å². The van der Waals surface area contributed by atoms with Crippen LogP contribution in [0.4, 0.5) is 15.8 Å². The highest BCUT2D eigenvalue weighted by molar-refractivity contribution is 5.90. The summed E-state index contributed by atoms with van der Waals surface area (Å²) in [4.78, 5) is 21.0. The molecule has 2 atom stereocenters. The van der Waals surface area contributed by atoms with E-state index in [1.165, 1.54) is 0 Å². The number of aromatic carboxylic acids is 1. The topological polar surface area (TPSA) is 113 Å². The first-order valence-electron chi connectivity index (χ1n) is 6.53. The summed E-state index contributed by atoms with van der Waals surface area (Å²) in [5.41, 5.74) is -1.32. The number of halogens is 1. The summed E-state index contributed by atoms with van der Waals surface area (Å²) < 4.78 is 13.6. The normalized spacial score (nSPS) is 21.2. The van der Waals surface area contributed by atoms with Gasteiger partial charge in [-0.2, -0.15) is 0 Å². The van der Waals surface area contributed by atoms with Crippen LogP contribution in [0.5, 0.6) is 0 Å². The largest absolute Gasteiger partial charge is 0.478 e. The summed E-state index contributed by atoms with van der Waals surface area (Å²) in [6.07, 6.45) is 1.88. The molecule has 0 amide bonds. The molecule has 2 unspecified atom stereocenters. The zero-order valence-corrected chi connectivity index (χ0v) is 11.1. The van der Waals surface area contributed by atoms with Gasteiger partial charge in [-0.15, -0.1) is 0 Å². The van der Waals surface area contributed by atoms with Crippen molar-refractivity contribution in [2.75, 3.05) is 11.9 Å². The lowest BCUT2D eigenvalue weighted by molar-refractivity contribution is -0.384. The number of rotatable bonds is 5. The second-order valence-corrected chi connectivity index (χ2v) is 5.05. The number of hydrogen-bond donors (Lipinski definition) is 3. The molecule has 0 radical (unpaired) electrons. The zero-order chi connectivity index (χ0) is 15.6. The molecule has 3 N–H and O–H groups in total. The minimum Gasteiger partial charge on any atom is -0.478 e. The summed E-state index contributed by atoms with van der Waals surface area (Å²) in [6.45, 7) is 0.272. The molecule has 0 heterocycles. The first-order chi connectivity index (χ1) is 9.90. The fourth-order valence-electron chi connectivity index (χ4n) is 2.51. The van der Waals surface area contributed by atoms with Gasteiger partial charge in [0.05, 0.1) is 11.0 Å². The number of carboxylic acid groups (broad SMARTS) is 1. The molecule has 1 aliphatic carbocycles. The molecule has 1 aromatic rings. The molecule has 7 nitrogen and oxygen atoms in total. The molecule has 0 aromatic heterocycles. The lowest BCUT2D eigenvalue weighted by atomic mass is 10.1. The zero-order valence-electron chi connectivity index (χ0n) is 11.1. The average Bonchev–Trinajstić information content (AvgIpc) is 2.81. The number of anilines is 1. The molecule has 1 fully saturated rings. The van der Waals surface area contributed by atoms with Gasteiger partial charge in [0.25, 0.3) is 5.69 Å². The number of nitrogens with zero attached hydrogens (tertiary/aromatic N) is 1. The number of aliphatic hydroxyl groups is 1. The van der Waals surface area contributed by atoms with Crippen LogP contribution in [-0.2, 0) is 0 Å². The van der Waals surface area contributed by atoms with Crippen LogP contribution in [0.1, 0.15) is 29.6 Å². The van der Waals surface area contributed by atoms with E-state index in [-0.39, 0.29) is 18.2 Å². The summed E-state index contributed by atoms with van der Waals surface area (Å²) in [6, 6.07) is 1.51. The van der Waals surface area contributed by atoms with Crippen molar-refractivity contribution in [3.8, 4) is 0 Å². The quantitative estimate of drug-likeness (QED) is 0.566. The van der Waals surface area contributed by atoms with Crippen molar-refractivity contribution in [2.24, 2.45) is 5.92 Å². The summed E-state index contributed by atoms with van der Waals surface area (Å²) >= 11 is 0. The van der Waals surface area contributed by atoms with E-state index in [0.29, 0.717) is 12.5 Å². The van der Waals surface area contributed by atoms with Crippen LogP contribution in [0, 0.1) is 21.8 Å². The molecule has 2 rings (SSSR count). The van der Waals surface area contributed by atoms with Gasteiger partial charge in [0, 0.05) is 24.6 Å². The predicted molar refractivity (Wildman–Crippen MR) is 71.9 cm³/mol. The van der Waals surface area contributed by atoms with Crippen LogP contribution >= 0.6 is 0 Å². The summed E-state index contributed by atoms with van der Waals surface area (Å²) in [5, 5.41) is 32.2. The first-order valence-corrected chi connectivity index (χ1v) is 6.53. The third-order valence-corrected chi connectivity index (χ3v) is 3.69. The van der Waals surface area contributed by atoms with Crippen molar-refractivity contribution < 1.29 is 24.3 Å². The van der Waals surface area contributed by atoms with Crippen LogP contribution in [0.3, 0.4) is 0 Å². The molecule has 1 saturated carbocycles. The number of nitro groups is 1. The average molecular weight is 298 g/mol. The highest BCUT2D eigenvalue weighted by Crippen LogP contribution is 2.30. The number of hydrogen-bond acceptors (Lipinski definition) is 5. The van der Waals surface area contributed by atoms with E-state index in [2.05, 4.69) is 5.32 Å². The third-order valence-electron chi connectivity index (χ3n) is 3.69. The van der Waals surface area contributed by atoms with Gasteiger partial charge in [0.2, 0.25) is 0 Å². The van der Waals surface area contributed by atoms with E-state index in [4.69, 9.17) is 5.11 Å². The first kappa shape index (κ1) is 15.2. The van der Waals surface area contributed by atoms with Gasteiger partial charge < -0.3 is 15.5 Å². The van der Waals surface area contributed by atoms with Crippen LogP contribution in [0.15, 0.2) is 12.1 Å². The molecule has 0 bridgehead atoms. The van der Waals surface area contributed by atoms with Crippen molar-refractivity contribution in [3.05, 3.63) is 33.6 Å². The van der Waals surface area contributed by atoms with Gasteiger partial charge >= 0.3 is 5.97 Å². The minimum absolute atomic E-state index is 0.0492. The van der Waals surface area contributed by atoms with Crippen molar-refractivity contribution >= 4 is 17.3 Å². The van der Waals surface area contributed by atoms with Gasteiger partial charge in [0.15, 0.2) is 0 Å². The molecule has 0 saturated heterocycles. The maximum atomic E-state index is 13.6. The summed E-state index contributed by atoms with van der Waals surface area (Å²) in [7, 11) is 0. The maximum absolute atomic E-state index is 13.6. The Kier molecular flexibility index (Phi) is 4.37. The van der Waals surface area contributed by atoms with E-state index in [1.807, 2.05) is 0 Å². The van der Waals surface area contributed by atoms with Gasteiger partial charge in [0.1, 0.15) is 17.1 Å². The number of benzene rings is 1. The highest BCUT2D eigenvalue weighted by Gasteiger charge is 2.27. The highest BCUT2D eigenvalue weighted by atomic mass is 19.1. The maximum Gasteiger partial charge on any atom is 0.338 e. The van der Waals surface area contributed by atoms with Crippen LogP contribution in [0.2, 0.25) is 0 Å². The van der Waals surface area contributed by atoms with Crippen molar-refractivity contribution in [1.82, 2.24) is 0 Å². The lowest BCUT2D eigenvalue weighted by Crippen LogP contribution is -2.22. The monoisotopic (exact) mass is 298 g/mol. The molecule has 1 aromatic carbocycles. The van der Waals surface area contributed by atoms with Gasteiger partial charge in [-0.05, 0) is 12.8 Å². The Morgan fingerprint density at radius 2 is 2.19 bits per heavy atom. The van der Waals surface area contributed by atoms with Crippen molar-refractivity contribution in [1.29, 1.82) is 0 Å². The molecule has 21 heavy (non-hydrogen) atoms. The van der Waals surface area contributed by atoms with Crippen molar-refractivity contribution in [2.45, 2.75) is 25.4 Å². The second kappa shape index (κ2) is 6.04. The fraction of sp³-hybridized carbons (Fsp3) is 0.462. The molecule has 1 aliphatic rings. The number of aliphatic hydroxyl groups excluding tert-OH is 1. The SMILES string of the molecule is O=C(O)c1cc([N+](=O)[O-])c(NCC2CCCC2O)cc1F. The lowest BCUT2D eigenvalue weighted by Gasteiger charge is -2.16. The number of carboxylic acids is 1. The van der Waals surface area contributed by atoms with Crippen LogP contribution in [-0.4, -0.2) is 33.8 Å². The third kappa shape index (κ3) is 3.27. The van der Waals surface area contributed by atoms with E-state index in [9.17, 15) is 24.4 Å². The predicted octanol–water partition coefficient (Wildman–Crippen LogP) is 2.00. The van der Waals surface area contributed by atoms with E-state index >= 15 is 0 Å². The molecule has 8 heteroatoms. The second-order valence-electron chi connectivity index (χ2n) is 5.05. The van der Waals surface area contributed by atoms with E-state index in [1.54, 1.807) is 0 Å². The standard InChI is InChI=1S/C13H15FN2O5/c14-9-5-10(15-6-7-2-1-3-12(7)17)11(16(20)21)4-8(9)13(18)19/h4-5,7,12,15,17H,1-3,6H2,(H,18,19). The smallest absolute Gasteiger partial charge is 0.338 e. The number of nitrogens with one attached hydrogen (secondary N) is 1. The number of carbonyl (C=O) groups is 1. The molecular formula is C13H15FN2O5. The fourth-order valence-corrected chi connectivity index (χ4v) is 2.51. The van der Waals surface area contributed by atoms with Gasteiger partial charge in [-0.1, -0.05) is 6.42 Å². The van der Waals surface area contributed by atoms with Crippen LogP contribution < -0.4 is 5.32 Å².